The Kier molecular flexibility index (Phi) is 12.8. The summed E-state index contributed by atoms with van der Waals surface area (Å²) in [6.07, 6.45) is 13.0. The summed E-state index contributed by atoms with van der Waals surface area (Å²) in [6.45, 7) is 7.76. The van der Waals surface area contributed by atoms with Crippen LogP contribution in [-0.2, 0) is 19.6 Å². The zero-order valence-electron chi connectivity index (χ0n) is 32.2. The number of rotatable bonds is 12. The summed E-state index contributed by atoms with van der Waals surface area (Å²) in [5.41, 5.74) is 11.3. The zero-order chi connectivity index (χ0) is 38.9. The Bertz CT molecular complexity index is 2310. The smallest absolute Gasteiger partial charge is 0.251 e. The summed E-state index contributed by atoms with van der Waals surface area (Å²) in [4.78, 5) is 42.6. The van der Waals surface area contributed by atoms with Crippen molar-refractivity contribution in [2.24, 2.45) is 5.73 Å². The number of furan rings is 1. The van der Waals surface area contributed by atoms with Gasteiger partial charge in [-0.3, -0.25) is 24.5 Å². The van der Waals surface area contributed by atoms with Crippen molar-refractivity contribution in [2.75, 3.05) is 53.5 Å². The molecule has 56 heavy (non-hydrogen) atoms. The van der Waals surface area contributed by atoms with E-state index in [0.29, 0.717) is 36.7 Å². The van der Waals surface area contributed by atoms with Gasteiger partial charge in [-0.15, -0.1) is 0 Å². The standard InChI is InChI=1S/C26H29N5O3.C16H22N4O2/c1-33-22-14-24-23(29-18-22)4-5-26(32)31(24)11-10-30-8-6-21(7-9-30)28-16-19-13-20(17-27-15-19)25-3-2-12-34-25;1-22-13-10-15-14(18-11-13)2-3-16(21)20(15)9-8-19-6-4-12(17)5-7-19/h2-5,12-15,17-18,21,28H,6-11,16H2,1H3;2-3,10-12H,4-9,17H2,1H3. The van der Waals surface area contributed by atoms with E-state index in [-0.39, 0.29) is 11.1 Å². The maximum absolute atomic E-state index is 12.5. The first-order chi connectivity index (χ1) is 27.4. The van der Waals surface area contributed by atoms with Crippen LogP contribution in [0.5, 0.6) is 11.5 Å². The normalized spacial score (nSPS) is 15.8. The second kappa shape index (κ2) is 18.5. The fraction of sp³-hybridized carbons (Fsp3) is 0.405. The van der Waals surface area contributed by atoms with Gasteiger partial charge in [0.05, 0.1) is 54.9 Å². The van der Waals surface area contributed by atoms with E-state index in [2.05, 4.69) is 36.1 Å². The van der Waals surface area contributed by atoms with Crippen LogP contribution in [-0.4, -0.2) is 99.5 Å². The molecule has 2 fully saturated rings. The van der Waals surface area contributed by atoms with Gasteiger partial charge in [-0.25, -0.2) is 0 Å². The van der Waals surface area contributed by atoms with Gasteiger partial charge in [0.2, 0.25) is 0 Å². The van der Waals surface area contributed by atoms with E-state index in [4.69, 9.17) is 19.6 Å². The number of piperidine rings is 2. The van der Waals surface area contributed by atoms with Crippen LogP contribution in [0, 0.1) is 0 Å². The molecule has 0 amide bonds. The Labute approximate surface area is 325 Å². The predicted octanol–water partition coefficient (Wildman–Crippen LogP) is 4.14. The molecule has 6 aromatic rings. The van der Waals surface area contributed by atoms with Crippen LogP contribution in [0.2, 0.25) is 0 Å². The molecule has 0 spiro atoms. The van der Waals surface area contributed by atoms with Crippen molar-refractivity contribution in [1.29, 1.82) is 0 Å². The zero-order valence-corrected chi connectivity index (χ0v) is 32.2. The van der Waals surface area contributed by atoms with Crippen molar-refractivity contribution in [3.8, 4) is 22.8 Å². The van der Waals surface area contributed by atoms with Crippen LogP contribution in [0.4, 0.5) is 0 Å². The maximum Gasteiger partial charge on any atom is 0.251 e. The van der Waals surface area contributed by atoms with Crippen LogP contribution < -0.4 is 31.6 Å². The van der Waals surface area contributed by atoms with E-state index in [1.807, 2.05) is 36.7 Å². The molecule has 0 atom stereocenters. The maximum atomic E-state index is 12.5. The third-order valence-corrected chi connectivity index (χ3v) is 10.8. The number of fused-ring (bicyclic) bond motifs is 2. The van der Waals surface area contributed by atoms with Gasteiger partial charge in [-0.2, -0.15) is 0 Å². The Hall–Kier alpha value is -5.41. The molecular formula is C42H51N9O5. The summed E-state index contributed by atoms with van der Waals surface area (Å²) < 4.78 is 19.6. The molecule has 0 radical (unpaired) electrons. The molecule has 6 aromatic heterocycles. The molecule has 0 aromatic carbocycles. The molecule has 2 aliphatic heterocycles. The molecule has 0 saturated carbocycles. The molecule has 2 saturated heterocycles. The molecular weight excluding hydrogens is 711 g/mol. The van der Waals surface area contributed by atoms with E-state index in [1.165, 1.54) is 0 Å². The van der Waals surface area contributed by atoms with Crippen molar-refractivity contribution in [1.82, 2.24) is 39.2 Å². The third-order valence-electron chi connectivity index (χ3n) is 10.8. The van der Waals surface area contributed by atoms with Gasteiger partial charge >= 0.3 is 0 Å². The highest BCUT2D eigenvalue weighted by Crippen LogP contribution is 2.21. The van der Waals surface area contributed by atoms with Crippen molar-refractivity contribution in [3.63, 3.8) is 0 Å². The van der Waals surface area contributed by atoms with E-state index < -0.39 is 0 Å². The van der Waals surface area contributed by atoms with Crippen molar-refractivity contribution < 1.29 is 13.9 Å². The molecule has 0 unspecified atom stereocenters. The minimum absolute atomic E-state index is 0.00346. The third kappa shape index (κ3) is 9.69. The molecule has 8 rings (SSSR count). The number of nitrogens with zero attached hydrogens (tertiary/aromatic N) is 7. The average Bonchev–Trinajstić information content (AvgIpc) is 3.79. The highest BCUT2D eigenvalue weighted by Gasteiger charge is 2.20. The Balaban J connectivity index is 0.000000189. The molecule has 294 valence electrons. The lowest BCUT2D eigenvalue weighted by atomic mass is 10.0. The summed E-state index contributed by atoms with van der Waals surface area (Å²) in [6, 6.07) is 17.2. The Morgan fingerprint density at radius 3 is 1.84 bits per heavy atom. The quantitative estimate of drug-likeness (QED) is 0.184. The monoisotopic (exact) mass is 761 g/mol. The number of pyridine rings is 5. The lowest BCUT2D eigenvalue weighted by molar-refractivity contribution is 0.191. The summed E-state index contributed by atoms with van der Waals surface area (Å²) in [5.74, 6) is 2.15. The molecule has 8 heterocycles. The molecule has 14 nitrogen and oxygen atoms in total. The number of ether oxygens (including phenoxy) is 2. The van der Waals surface area contributed by atoms with Gasteiger partial charge < -0.3 is 43.9 Å². The fourth-order valence-electron chi connectivity index (χ4n) is 7.43. The van der Waals surface area contributed by atoms with Crippen LogP contribution >= 0.6 is 0 Å². The van der Waals surface area contributed by atoms with Crippen LogP contribution in [0.15, 0.2) is 99.7 Å². The van der Waals surface area contributed by atoms with Crippen molar-refractivity contribution >= 4 is 22.1 Å². The lowest BCUT2D eigenvalue weighted by Gasteiger charge is -2.32. The number of nitrogens with two attached hydrogens (primary N) is 1. The lowest BCUT2D eigenvalue weighted by Crippen LogP contribution is -2.43. The summed E-state index contributed by atoms with van der Waals surface area (Å²) >= 11 is 0. The SMILES string of the molecule is COc1cnc2ccc(=O)n(CCN3CCC(N)CC3)c2c1.COc1cnc2ccc(=O)n(CCN3CCC(NCc4cncc(-c5ccco5)c4)CC3)c2c1. The molecule has 0 bridgehead atoms. The van der Waals surface area contributed by atoms with Crippen LogP contribution in [0.25, 0.3) is 33.4 Å². The van der Waals surface area contributed by atoms with Crippen molar-refractivity contribution in [2.45, 2.75) is 57.4 Å². The highest BCUT2D eigenvalue weighted by molar-refractivity contribution is 5.76. The van der Waals surface area contributed by atoms with E-state index in [1.54, 1.807) is 66.3 Å². The fourth-order valence-corrected chi connectivity index (χ4v) is 7.43. The molecule has 2 aliphatic rings. The van der Waals surface area contributed by atoms with Gasteiger partial charge in [0.15, 0.2) is 0 Å². The van der Waals surface area contributed by atoms with Gasteiger partial charge in [-0.05, 0) is 87.8 Å². The topological polar surface area (TPSA) is 159 Å². The molecule has 0 aliphatic carbocycles. The second-order valence-electron chi connectivity index (χ2n) is 14.4. The minimum Gasteiger partial charge on any atom is -0.495 e. The van der Waals surface area contributed by atoms with Crippen molar-refractivity contribution in [3.05, 3.63) is 112 Å². The first-order valence-corrected chi connectivity index (χ1v) is 19.4. The minimum atomic E-state index is -0.00973. The van der Waals surface area contributed by atoms with E-state index >= 15 is 0 Å². The summed E-state index contributed by atoms with van der Waals surface area (Å²) in [7, 11) is 3.21. The van der Waals surface area contributed by atoms with Gasteiger partial charge in [0.25, 0.3) is 11.1 Å². The number of aromatic nitrogens is 5. The van der Waals surface area contributed by atoms with E-state index in [0.717, 1.165) is 110 Å². The Morgan fingerprint density at radius 2 is 1.30 bits per heavy atom. The number of hydrogen-bond donors (Lipinski definition) is 2. The van der Waals surface area contributed by atoms with E-state index in [9.17, 15) is 9.59 Å². The highest BCUT2D eigenvalue weighted by atomic mass is 16.5. The summed E-state index contributed by atoms with van der Waals surface area (Å²) in [5, 5.41) is 3.68. The largest absolute Gasteiger partial charge is 0.495 e. The van der Waals surface area contributed by atoms with Crippen LogP contribution in [0.3, 0.4) is 0 Å². The average molecular weight is 762 g/mol. The number of methoxy groups -OCH3 is 2. The first kappa shape index (κ1) is 38.8. The van der Waals surface area contributed by atoms with Crippen LogP contribution in [0.1, 0.15) is 31.2 Å². The molecule has 3 N–H and O–H groups in total. The van der Waals surface area contributed by atoms with Gasteiger partial charge in [-0.1, -0.05) is 0 Å². The predicted molar refractivity (Wildman–Crippen MR) is 217 cm³/mol. The number of likely N-dealkylation sites (tertiary alicyclic amines) is 2. The van der Waals surface area contributed by atoms with Gasteiger partial charge in [0, 0.05) is 87.0 Å². The second-order valence-corrected chi connectivity index (χ2v) is 14.4. The number of hydrogen-bond acceptors (Lipinski definition) is 12. The Morgan fingerprint density at radius 1 is 0.732 bits per heavy atom. The number of nitrogens with one attached hydrogen (secondary N) is 1. The first-order valence-electron chi connectivity index (χ1n) is 19.4. The van der Waals surface area contributed by atoms with Gasteiger partial charge in [0.1, 0.15) is 17.3 Å². The molecule has 14 heteroatoms.